The van der Waals surface area contributed by atoms with E-state index in [4.69, 9.17) is 0 Å². The van der Waals surface area contributed by atoms with Crippen LogP contribution in [0.1, 0.15) is 26.2 Å². The van der Waals surface area contributed by atoms with Crippen molar-refractivity contribution in [2.75, 3.05) is 39.0 Å². The van der Waals surface area contributed by atoms with Gasteiger partial charge in [0.15, 0.2) is 0 Å². The van der Waals surface area contributed by atoms with Crippen LogP contribution >= 0.6 is 11.8 Å². The third kappa shape index (κ3) is 3.62. The zero-order valence-corrected chi connectivity index (χ0v) is 11.8. The first kappa shape index (κ1) is 13.2. The molecule has 98 valence electrons. The molecule has 2 aliphatic heterocycles. The van der Waals surface area contributed by atoms with Gasteiger partial charge in [-0.1, -0.05) is 6.92 Å². The van der Waals surface area contributed by atoms with Crippen LogP contribution in [-0.4, -0.2) is 59.9 Å². The van der Waals surface area contributed by atoms with Crippen LogP contribution in [0.3, 0.4) is 0 Å². The average molecular weight is 256 g/mol. The van der Waals surface area contributed by atoms with Gasteiger partial charge < -0.3 is 9.80 Å². The van der Waals surface area contributed by atoms with Crippen molar-refractivity contribution in [3.8, 4) is 0 Å². The summed E-state index contributed by atoms with van der Waals surface area (Å²) in [5, 5.41) is 0.710. The molecule has 2 fully saturated rings. The van der Waals surface area contributed by atoms with Gasteiger partial charge in [0.2, 0.25) is 5.91 Å². The summed E-state index contributed by atoms with van der Waals surface area (Å²) in [7, 11) is 2.12. The Hall–Kier alpha value is -0.220. The fourth-order valence-corrected chi connectivity index (χ4v) is 3.74. The zero-order chi connectivity index (χ0) is 12.3. The lowest BCUT2D eigenvalue weighted by Gasteiger charge is -2.32. The summed E-state index contributed by atoms with van der Waals surface area (Å²) in [6, 6.07) is 0. The van der Waals surface area contributed by atoms with Crippen molar-refractivity contribution in [1.29, 1.82) is 0 Å². The molecule has 0 N–H and O–H groups in total. The van der Waals surface area contributed by atoms with Gasteiger partial charge in [0.1, 0.15) is 0 Å². The average Bonchev–Trinajstić information content (AvgIpc) is 2.53. The predicted octanol–water partition coefficient (Wildman–Crippen LogP) is 1.68. The Morgan fingerprint density at radius 1 is 1.24 bits per heavy atom. The van der Waals surface area contributed by atoms with E-state index in [1.807, 2.05) is 11.8 Å². The van der Waals surface area contributed by atoms with Crippen LogP contribution in [0, 0.1) is 5.92 Å². The molecule has 2 aliphatic rings. The number of amides is 1. The highest BCUT2D eigenvalue weighted by Gasteiger charge is 2.28. The second-order valence-corrected chi connectivity index (χ2v) is 6.94. The molecule has 0 aliphatic carbocycles. The molecule has 3 nitrogen and oxygen atoms in total. The molecule has 1 amide bonds. The van der Waals surface area contributed by atoms with Crippen LogP contribution in [0.4, 0.5) is 0 Å². The summed E-state index contributed by atoms with van der Waals surface area (Å²) in [4.78, 5) is 16.9. The van der Waals surface area contributed by atoms with Crippen LogP contribution < -0.4 is 0 Å². The highest BCUT2D eigenvalue weighted by atomic mass is 32.2. The number of likely N-dealkylation sites (tertiary alicyclic amines) is 1. The Morgan fingerprint density at radius 3 is 2.82 bits per heavy atom. The van der Waals surface area contributed by atoms with Crippen molar-refractivity contribution in [2.24, 2.45) is 5.92 Å². The molecule has 2 heterocycles. The Morgan fingerprint density at radius 2 is 2.06 bits per heavy atom. The topological polar surface area (TPSA) is 23.6 Å². The molecule has 0 aromatic carbocycles. The minimum absolute atomic E-state index is 0.257. The maximum Gasteiger partial charge on any atom is 0.227 e. The summed E-state index contributed by atoms with van der Waals surface area (Å²) in [5.74, 6) is 1.77. The van der Waals surface area contributed by atoms with Crippen molar-refractivity contribution < 1.29 is 4.79 Å². The normalized spacial score (nSPS) is 32.2. The van der Waals surface area contributed by atoms with Gasteiger partial charge in [-0.15, -0.1) is 0 Å². The standard InChI is InChI=1S/C13H24N2OS/c1-11-5-7-15(8-9-17-11)13(16)12-4-3-6-14(2)10-12/h11-12H,3-10H2,1-2H3. The van der Waals surface area contributed by atoms with E-state index in [-0.39, 0.29) is 5.92 Å². The van der Waals surface area contributed by atoms with Crippen molar-refractivity contribution in [3.63, 3.8) is 0 Å². The van der Waals surface area contributed by atoms with E-state index in [2.05, 4.69) is 23.8 Å². The Bertz CT molecular complexity index is 272. The van der Waals surface area contributed by atoms with E-state index in [9.17, 15) is 4.79 Å². The van der Waals surface area contributed by atoms with Gasteiger partial charge in [0.25, 0.3) is 0 Å². The molecule has 4 heteroatoms. The summed E-state index contributed by atoms with van der Waals surface area (Å²) >= 11 is 2.00. The second kappa shape index (κ2) is 6.10. The van der Waals surface area contributed by atoms with E-state index in [0.29, 0.717) is 11.2 Å². The van der Waals surface area contributed by atoms with E-state index >= 15 is 0 Å². The maximum atomic E-state index is 12.4. The zero-order valence-electron chi connectivity index (χ0n) is 11.0. The van der Waals surface area contributed by atoms with Crippen molar-refractivity contribution in [2.45, 2.75) is 31.4 Å². The predicted molar refractivity (Wildman–Crippen MR) is 73.3 cm³/mol. The van der Waals surface area contributed by atoms with Gasteiger partial charge in [-0.25, -0.2) is 0 Å². The van der Waals surface area contributed by atoms with Crippen molar-refractivity contribution in [3.05, 3.63) is 0 Å². The van der Waals surface area contributed by atoms with Crippen LogP contribution in [0.2, 0.25) is 0 Å². The molecule has 2 unspecified atom stereocenters. The number of carbonyl (C=O) groups is 1. The summed E-state index contributed by atoms with van der Waals surface area (Å²) < 4.78 is 0. The molecule has 0 spiro atoms. The lowest BCUT2D eigenvalue weighted by Crippen LogP contribution is -2.44. The van der Waals surface area contributed by atoms with E-state index in [1.54, 1.807) is 0 Å². The fourth-order valence-electron chi connectivity index (χ4n) is 2.74. The molecule has 0 bridgehead atoms. The Balaban J connectivity index is 1.89. The number of carbonyl (C=O) groups excluding carboxylic acids is 1. The Kier molecular flexibility index (Phi) is 4.74. The molecule has 0 aromatic rings. The molecule has 0 saturated carbocycles. The van der Waals surface area contributed by atoms with Gasteiger partial charge >= 0.3 is 0 Å². The van der Waals surface area contributed by atoms with E-state index < -0.39 is 0 Å². The number of thioether (sulfide) groups is 1. The number of nitrogens with zero attached hydrogens (tertiary/aromatic N) is 2. The van der Waals surface area contributed by atoms with Crippen LogP contribution in [0.15, 0.2) is 0 Å². The number of piperidine rings is 1. The largest absolute Gasteiger partial charge is 0.342 e. The third-order valence-electron chi connectivity index (χ3n) is 3.85. The van der Waals surface area contributed by atoms with Crippen LogP contribution in [-0.2, 0) is 4.79 Å². The van der Waals surface area contributed by atoms with E-state index in [1.165, 1.54) is 6.42 Å². The minimum atomic E-state index is 0.257. The molecule has 2 saturated heterocycles. The lowest BCUT2D eigenvalue weighted by molar-refractivity contribution is -0.136. The number of hydrogen-bond acceptors (Lipinski definition) is 3. The van der Waals surface area contributed by atoms with Gasteiger partial charge in [-0.3, -0.25) is 4.79 Å². The molecule has 2 atom stereocenters. The second-order valence-electron chi connectivity index (χ2n) is 5.40. The molecule has 0 aromatic heterocycles. The Labute approximate surface area is 109 Å². The molecular weight excluding hydrogens is 232 g/mol. The summed E-state index contributed by atoms with van der Waals surface area (Å²) in [6.07, 6.45) is 3.41. The number of rotatable bonds is 1. The summed E-state index contributed by atoms with van der Waals surface area (Å²) in [6.45, 7) is 6.29. The molecular formula is C13H24N2OS. The van der Waals surface area contributed by atoms with Crippen LogP contribution in [0.5, 0.6) is 0 Å². The third-order valence-corrected chi connectivity index (χ3v) is 5.08. The van der Waals surface area contributed by atoms with Gasteiger partial charge in [0.05, 0.1) is 5.92 Å². The monoisotopic (exact) mass is 256 g/mol. The SMILES string of the molecule is CC1CCN(C(=O)C2CCCN(C)C2)CCS1. The summed E-state index contributed by atoms with van der Waals surface area (Å²) in [5.41, 5.74) is 0. The maximum absolute atomic E-state index is 12.4. The molecule has 2 rings (SSSR count). The highest BCUT2D eigenvalue weighted by Crippen LogP contribution is 2.22. The first-order valence-corrected chi connectivity index (χ1v) is 7.80. The van der Waals surface area contributed by atoms with Gasteiger partial charge in [-0.2, -0.15) is 11.8 Å². The quantitative estimate of drug-likeness (QED) is 0.713. The van der Waals surface area contributed by atoms with Gasteiger partial charge in [-0.05, 0) is 32.9 Å². The lowest BCUT2D eigenvalue weighted by atomic mass is 9.97. The highest BCUT2D eigenvalue weighted by molar-refractivity contribution is 7.99. The van der Waals surface area contributed by atoms with Crippen LogP contribution in [0.25, 0.3) is 0 Å². The van der Waals surface area contributed by atoms with Crippen molar-refractivity contribution >= 4 is 17.7 Å². The fraction of sp³-hybridized carbons (Fsp3) is 0.923. The first-order chi connectivity index (χ1) is 8.16. The molecule has 0 radical (unpaired) electrons. The first-order valence-electron chi connectivity index (χ1n) is 6.76. The molecule has 17 heavy (non-hydrogen) atoms. The van der Waals surface area contributed by atoms with Gasteiger partial charge in [0, 0.05) is 30.6 Å². The smallest absolute Gasteiger partial charge is 0.227 e. The number of hydrogen-bond donors (Lipinski definition) is 0. The minimum Gasteiger partial charge on any atom is -0.342 e. The van der Waals surface area contributed by atoms with E-state index in [0.717, 1.165) is 44.8 Å². The van der Waals surface area contributed by atoms with Crippen molar-refractivity contribution in [1.82, 2.24) is 9.80 Å².